The molecule has 1 nitrogen and oxygen atoms in total. The van der Waals surface area contributed by atoms with Crippen LogP contribution in [0.15, 0.2) is 53.0 Å². The van der Waals surface area contributed by atoms with Crippen LogP contribution in [0.1, 0.15) is 16.7 Å². The van der Waals surface area contributed by atoms with Gasteiger partial charge >= 0.3 is 0 Å². The number of benzene rings is 2. The van der Waals surface area contributed by atoms with Gasteiger partial charge in [0.2, 0.25) is 0 Å². The maximum Gasteiger partial charge on any atom is 0.133 e. The number of hydrogen-bond donors (Lipinski definition) is 0. The molecule has 3 heteroatoms. The van der Waals surface area contributed by atoms with Crippen LogP contribution in [0.3, 0.4) is 0 Å². The van der Waals surface area contributed by atoms with Crippen molar-refractivity contribution in [3.8, 4) is 0 Å². The molecule has 0 atom stereocenters. The van der Waals surface area contributed by atoms with Gasteiger partial charge in [-0.3, -0.25) is 0 Å². The third kappa shape index (κ3) is 2.72. The van der Waals surface area contributed by atoms with Crippen LogP contribution in [-0.4, -0.2) is 4.98 Å². The average Bonchev–Trinajstić information content (AvgIpc) is 2.43. The van der Waals surface area contributed by atoms with E-state index in [0.717, 1.165) is 32.9 Å². The van der Waals surface area contributed by atoms with E-state index in [2.05, 4.69) is 58.2 Å². The van der Waals surface area contributed by atoms with Gasteiger partial charge in [0.15, 0.2) is 0 Å². The Bertz CT molecular complexity index is 769. The highest BCUT2D eigenvalue weighted by Crippen LogP contribution is 2.27. The van der Waals surface area contributed by atoms with Crippen LogP contribution in [0.2, 0.25) is 5.15 Å². The molecule has 0 aliphatic heterocycles. The molecule has 0 N–H and O–H groups in total. The van der Waals surface area contributed by atoms with Gasteiger partial charge in [0.25, 0.3) is 0 Å². The predicted molar refractivity (Wildman–Crippen MR) is 88.4 cm³/mol. The lowest BCUT2D eigenvalue weighted by Crippen LogP contribution is -1.93. The molecule has 0 saturated carbocycles. The fourth-order valence-corrected chi connectivity index (χ4v) is 2.83. The summed E-state index contributed by atoms with van der Waals surface area (Å²) in [6, 6.07) is 16.6. The van der Waals surface area contributed by atoms with E-state index in [0.29, 0.717) is 5.15 Å². The molecule has 20 heavy (non-hydrogen) atoms. The third-order valence-electron chi connectivity index (χ3n) is 3.36. The van der Waals surface area contributed by atoms with E-state index >= 15 is 0 Å². The first kappa shape index (κ1) is 13.6. The van der Waals surface area contributed by atoms with Crippen LogP contribution >= 0.6 is 27.5 Å². The lowest BCUT2D eigenvalue weighted by molar-refractivity contribution is 1.17. The molecule has 3 aromatic rings. The number of hydrogen-bond acceptors (Lipinski definition) is 1. The number of aryl methyl sites for hydroxylation is 1. The van der Waals surface area contributed by atoms with Crippen LogP contribution in [-0.2, 0) is 6.42 Å². The maximum atomic E-state index is 6.32. The summed E-state index contributed by atoms with van der Waals surface area (Å²) < 4.78 is 1.10. The van der Waals surface area contributed by atoms with Gasteiger partial charge in [0.1, 0.15) is 5.15 Å². The number of pyridine rings is 1. The van der Waals surface area contributed by atoms with Gasteiger partial charge in [-0.15, -0.1) is 0 Å². The summed E-state index contributed by atoms with van der Waals surface area (Å²) in [4.78, 5) is 4.52. The van der Waals surface area contributed by atoms with Gasteiger partial charge in [-0.25, -0.2) is 4.98 Å². The van der Waals surface area contributed by atoms with E-state index in [1.165, 1.54) is 5.56 Å². The summed E-state index contributed by atoms with van der Waals surface area (Å²) in [6.07, 6.45) is 0.800. The van der Waals surface area contributed by atoms with Crippen molar-refractivity contribution in [1.29, 1.82) is 0 Å². The first-order valence-corrected chi connectivity index (χ1v) is 7.60. The molecule has 2 aromatic carbocycles. The summed E-state index contributed by atoms with van der Waals surface area (Å²) in [7, 11) is 0. The van der Waals surface area contributed by atoms with Crippen molar-refractivity contribution < 1.29 is 0 Å². The Hall–Kier alpha value is -1.38. The van der Waals surface area contributed by atoms with Gasteiger partial charge in [0, 0.05) is 16.3 Å². The Kier molecular flexibility index (Phi) is 3.77. The van der Waals surface area contributed by atoms with E-state index in [1.54, 1.807) is 0 Å². The lowest BCUT2D eigenvalue weighted by atomic mass is 10.0. The molecule has 0 aliphatic rings. The monoisotopic (exact) mass is 345 g/mol. The Labute approximate surface area is 131 Å². The molecule has 0 amide bonds. The predicted octanol–water partition coefficient (Wildman–Crippen LogP) is 5.55. The molecular weight excluding hydrogens is 334 g/mol. The van der Waals surface area contributed by atoms with Crippen molar-refractivity contribution in [2.75, 3.05) is 0 Å². The summed E-state index contributed by atoms with van der Waals surface area (Å²) >= 11 is 9.89. The first-order valence-electron chi connectivity index (χ1n) is 6.43. The quantitative estimate of drug-likeness (QED) is 0.554. The molecule has 0 fully saturated rings. The number of rotatable bonds is 2. The Morgan fingerprint density at radius 3 is 2.60 bits per heavy atom. The van der Waals surface area contributed by atoms with Crippen molar-refractivity contribution >= 4 is 38.4 Å². The van der Waals surface area contributed by atoms with Crippen LogP contribution < -0.4 is 0 Å². The minimum Gasteiger partial charge on any atom is -0.236 e. The molecule has 0 spiro atoms. The number of halogens is 2. The zero-order valence-electron chi connectivity index (χ0n) is 11.0. The molecule has 0 aliphatic carbocycles. The Morgan fingerprint density at radius 1 is 1.10 bits per heavy atom. The topological polar surface area (TPSA) is 12.9 Å². The second-order valence-electron chi connectivity index (χ2n) is 4.89. The normalized spacial score (nSPS) is 10.9. The highest BCUT2D eigenvalue weighted by atomic mass is 79.9. The van der Waals surface area contributed by atoms with Crippen molar-refractivity contribution in [3.63, 3.8) is 0 Å². The minimum absolute atomic E-state index is 0.586. The maximum absolute atomic E-state index is 6.32. The fraction of sp³-hybridized carbons (Fsp3) is 0.118. The number of fused-ring (bicyclic) bond motifs is 1. The van der Waals surface area contributed by atoms with Gasteiger partial charge < -0.3 is 0 Å². The highest BCUT2D eigenvalue weighted by molar-refractivity contribution is 9.10. The molecule has 0 saturated heterocycles. The second-order valence-corrected chi connectivity index (χ2v) is 6.11. The minimum atomic E-state index is 0.586. The highest BCUT2D eigenvalue weighted by Gasteiger charge is 2.07. The number of nitrogens with zero attached hydrogens (tertiary/aromatic N) is 1. The van der Waals surface area contributed by atoms with Crippen molar-refractivity contribution in [3.05, 3.63) is 74.8 Å². The third-order valence-corrected chi connectivity index (χ3v) is 4.54. The van der Waals surface area contributed by atoms with Gasteiger partial charge in [0.05, 0.1) is 5.52 Å². The van der Waals surface area contributed by atoms with Gasteiger partial charge in [-0.05, 0) is 41.8 Å². The summed E-state index contributed by atoms with van der Waals surface area (Å²) in [6.45, 7) is 2.05. The van der Waals surface area contributed by atoms with E-state index in [1.807, 2.05) is 18.2 Å². The first-order chi connectivity index (χ1) is 9.63. The molecule has 0 unspecified atom stereocenters. The fourth-order valence-electron chi connectivity index (χ4n) is 2.26. The molecule has 1 aromatic heterocycles. The van der Waals surface area contributed by atoms with E-state index in [4.69, 9.17) is 11.6 Å². The molecule has 100 valence electrons. The summed E-state index contributed by atoms with van der Waals surface area (Å²) in [5.41, 5.74) is 4.40. The summed E-state index contributed by atoms with van der Waals surface area (Å²) in [5.74, 6) is 0. The molecular formula is C17H13BrClN. The SMILES string of the molecule is Cc1cc2nc(Cl)c(Cc3ccccc3)cc2cc1Br. The standard InChI is InChI=1S/C17H13BrClN/c1-11-7-16-13(10-15(11)18)9-14(17(19)20-16)8-12-5-3-2-4-6-12/h2-7,9-10H,8H2,1H3. The molecule has 1 heterocycles. The summed E-state index contributed by atoms with van der Waals surface area (Å²) in [5, 5.41) is 1.70. The molecule has 0 bridgehead atoms. The Morgan fingerprint density at radius 2 is 1.85 bits per heavy atom. The zero-order chi connectivity index (χ0) is 14.1. The smallest absolute Gasteiger partial charge is 0.133 e. The van der Waals surface area contributed by atoms with Crippen LogP contribution in [0.5, 0.6) is 0 Å². The van der Waals surface area contributed by atoms with Crippen LogP contribution in [0.4, 0.5) is 0 Å². The average molecular weight is 347 g/mol. The van der Waals surface area contributed by atoms with Crippen LogP contribution in [0.25, 0.3) is 10.9 Å². The van der Waals surface area contributed by atoms with Crippen molar-refractivity contribution in [2.45, 2.75) is 13.3 Å². The van der Waals surface area contributed by atoms with Crippen molar-refractivity contribution in [1.82, 2.24) is 4.98 Å². The molecule has 0 radical (unpaired) electrons. The van der Waals surface area contributed by atoms with Crippen molar-refractivity contribution in [2.24, 2.45) is 0 Å². The van der Waals surface area contributed by atoms with E-state index in [9.17, 15) is 0 Å². The van der Waals surface area contributed by atoms with Gasteiger partial charge in [-0.1, -0.05) is 57.9 Å². The second kappa shape index (κ2) is 5.55. The van der Waals surface area contributed by atoms with E-state index in [-0.39, 0.29) is 0 Å². The Balaban J connectivity index is 2.08. The number of aromatic nitrogens is 1. The molecule has 3 rings (SSSR count). The largest absolute Gasteiger partial charge is 0.236 e. The van der Waals surface area contributed by atoms with Gasteiger partial charge in [-0.2, -0.15) is 0 Å². The van der Waals surface area contributed by atoms with Crippen LogP contribution in [0, 0.1) is 6.92 Å². The lowest BCUT2D eigenvalue weighted by Gasteiger charge is -2.08. The van der Waals surface area contributed by atoms with E-state index < -0.39 is 0 Å². The zero-order valence-corrected chi connectivity index (χ0v) is 13.4.